The van der Waals surface area contributed by atoms with Crippen molar-refractivity contribution >= 4 is 11.0 Å². The predicted octanol–water partition coefficient (Wildman–Crippen LogP) is 3.13. The van der Waals surface area contributed by atoms with Crippen molar-refractivity contribution in [3.05, 3.63) is 70.1 Å². The van der Waals surface area contributed by atoms with Crippen LogP contribution in [0.25, 0.3) is 11.0 Å². The highest BCUT2D eigenvalue weighted by Gasteiger charge is 2.19. The largest absolute Gasteiger partial charge is 0.497 e. The van der Waals surface area contributed by atoms with E-state index >= 15 is 0 Å². The number of ether oxygens (including phenoxy) is 2. The van der Waals surface area contributed by atoms with Crippen LogP contribution in [-0.2, 0) is 13.1 Å². The molecule has 0 N–H and O–H groups in total. The number of rotatable bonds is 6. The fourth-order valence-corrected chi connectivity index (χ4v) is 3.80. The van der Waals surface area contributed by atoms with Crippen molar-refractivity contribution in [1.29, 1.82) is 0 Å². The molecular weight excluding hydrogens is 368 g/mol. The number of nitrogens with zero attached hydrogens (tertiary/aromatic N) is 2. The van der Waals surface area contributed by atoms with Gasteiger partial charge in [0, 0.05) is 44.4 Å². The Balaban J connectivity index is 1.38. The van der Waals surface area contributed by atoms with Crippen molar-refractivity contribution in [2.24, 2.45) is 0 Å². The molecule has 0 aliphatic carbocycles. The molecule has 1 aromatic heterocycles. The van der Waals surface area contributed by atoms with E-state index in [1.807, 2.05) is 36.4 Å². The van der Waals surface area contributed by atoms with Gasteiger partial charge in [0.25, 0.3) is 0 Å². The Labute approximate surface area is 170 Å². The van der Waals surface area contributed by atoms with Crippen molar-refractivity contribution in [2.75, 3.05) is 40.4 Å². The topological polar surface area (TPSA) is 55.2 Å². The Bertz CT molecular complexity index is 1040. The monoisotopic (exact) mass is 394 g/mol. The van der Waals surface area contributed by atoms with Crippen molar-refractivity contribution in [1.82, 2.24) is 9.80 Å². The lowest BCUT2D eigenvalue weighted by atomic mass is 10.1. The summed E-state index contributed by atoms with van der Waals surface area (Å²) in [5.41, 5.74) is 1.80. The maximum Gasteiger partial charge on any atom is 0.192 e. The molecule has 2 heterocycles. The van der Waals surface area contributed by atoms with Gasteiger partial charge in [0.15, 0.2) is 5.43 Å². The van der Waals surface area contributed by atoms with Gasteiger partial charge in [-0.15, -0.1) is 0 Å². The predicted molar refractivity (Wildman–Crippen MR) is 113 cm³/mol. The number of fused-ring (bicyclic) bond motifs is 1. The summed E-state index contributed by atoms with van der Waals surface area (Å²) in [6.07, 6.45) is 0. The van der Waals surface area contributed by atoms with E-state index in [9.17, 15) is 4.79 Å². The molecule has 0 saturated carbocycles. The summed E-state index contributed by atoms with van der Waals surface area (Å²) in [7, 11) is 3.37. The third kappa shape index (κ3) is 4.44. The average molecular weight is 394 g/mol. The summed E-state index contributed by atoms with van der Waals surface area (Å²) in [5, 5.41) is 0.633. The summed E-state index contributed by atoms with van der Waals surface area (Å²) in [5.74, 6) is 2.44. The van der Waals surface area contributed by atoms with Gasteiger partial charge < -0.3 is 13.9 Å². The fourth-order valence-electron chi connectivity index (χ4n) is 3.80. The molecule has 29 heavy (non-hydrogen) atoms. The van der Waals surface area contributed by atoms with Crippen LogP contribution in [0.1, 0.15) is 11.3 Å². The highest BCUT2D eigenvalue weighted by molar-refractivity contribution is 5.76. The summed E-state index contributed by atoms with van der Waals surface area (Å²) in [6.45, 7) is 5.19. The second kappa shape index (κ2) is 8.68. The number of benzene rings is 2. The highest BCUT2D eigenvalue weighted by atomic mass is 16.5. The van der Waals surface area contributed by atoms with Gasteiger partial charge in [0.05, 0.1) is 26.2 Å². The Morgan fingerprint density at radius 1 is 0.897 bits per heavy atom. The standard InChI is InChI=1S/C23H26N2O4/c1-27-18-7-8-22(28-2)17(13-18)15-24-9-11-25(12-10-24)16-19-14-21(26)20-5-3-4-6-23(20)29-19/h3-8,13-14H,9-12,15-16H2,1-2H3. The van der Waals surface area contributed by atoms with Crippen LogP contribution in [0, 0.1) is 0 Å². The zero-order chi connectivity index (χ0) is 20.2. The number of methoxy groups -OCH3 is 2. The molecule has 3 aromatic rings. The van der Waals surface area contributed by atoms with Gasteiger partial charge in [-0.05, 0) is 30.3 Å². The van der Waals surface area contributed by atoms with Crippen molar-refractivity contribution in [2.45, 2.75) is 13.1 Å². The third-order valence-electron chi connectivity index (χ3n) is 5.41. The van der Waals surface area contributed by atoms with Crippen LogP contribution >= 0.6 is 0 Å². The molecule has 0 radical (unpaired) electrons. The Hall–Kier alpha value is -2.83. The lowest BCUT2D eigenvalue weighted by molar-refractivity contribution is 0.115. The maximum atomic E-state index is 12.3. The van der Waals surface area contributed by atoms with Crippen LogP contribution in [0.2, 0.25) is 0 Å². The first-order valence-corrected chi connectivity index (χ1v) is 9.83. The van der Waals surface area contributed by atoms with Gasteiger partial charge in [0.1, 0.15) is 22.8 Å². The van der Waals surface area contributed by atoms with Gasteiger partial charge in [-0.1, -0.05) is 12.1 Å². The van der Waals surface area contributed by atoms with Crippen LogP contribution in [0.3, 0.4) is 0 Å². The molecule has 0 atom stereocenters. The smallest absolute Gasteiger partial charge is 0.192 e. The molecule has 1 fully saturated rings. The Morgan fingerprint density at radius 3 is 2.34 bits per heavy atom. The van der Waals surface area contributed by atoms with Crippen LogP contribution in [0.5, 0.6) is 11.5 Å². The first kappa shape index (κ1) is 19.5. The second-order valence-electron chi connectivity index (χ2n) is 7.30. The van der Waals surface area contributed by atoms with Gasteiger partial charge in [0.2, 0.25) is 0 Å². The normalized spacial score (nSPS) is 15.5. The zero-order valence-corrected chi connectivity index (χ0v) is 16.9. The minimum absolute atomic E-state index is 0.0191. The van der Waals surface area contributed by atoms with Gasteiger partial charge in [-0.25, -0.2) is 0 Å². The number of piperazine rings is 1. The lowest BCUT2D eigenvalue weighted by Crippen LogP contribution is -2.45. The van der Waals surface area contributed by atoms with E-state index in [-0.39, 0.29) is 5.43 Å². The molecule has 0 bridgehead atoms. The van der Waals surface area contributed by atoms with E-state index in [0.29, 0.717) is 17.5 Å². The minimum atomic E-state index is 0.0191. The SMILES string of the molecule is COc1ccc(OC)c(CN2CCN(Cc3cc(=O)c4ccccc4o3)CC2)c1. The molecule has 2 aromatic carbocycles. The molecule has 0 amide bonds. The molecule has 0 unspecified atom stereocenters. The van der Waals surface area contributed by atoms with Crippen molar-refractivity contribution < 1.29 is 13.9 Å². The quantitative estimate of drug-likeness (QED) is 0.640. The van der Waals surface area contributed by atoms with Gasteiger partial charge in [-0.2, -0.15) is 0 Å². The van der Waals surface area contributed by atoms with E-state index in [4.69, 9.17) is 13.9 Å². The summed E-state index contributed by atoms with van der Waals surface area (Å²) < 4.78 is 16.8. The van der Waals surface area contributed by atoms with E-state index in [0.717, 1.165) is 55.5 Å². The van der Waals surface area contributed by atoms with Crippen LogP contribution in [-0.4, -0.2) is 50.2 Å². The fraction of sp³-hybridized carbons (Fsp3) is 0.348. The van der Waals surface area contributed by atoms with E-state index in [1.165, 1.54) is 0 Å². The van der Waals surface area contributed by atoms with Crippen LogP contribution in [0.15, 0.2) is 57.7 Å². The average Bonchev–Trinajstić information content (AvgIpc) is 2.75. The molecule has 6 nitrogen and oxygen atoms in total. The third-order valence-corrected chi connectivity index (χ3v) is 5.41. The first-order chi connectivity index (χ1) is 14.2. The van der Waals surface area contributed by atoms with Crippen molar-refractivity contribution in [3.8, 4) is 11.5 Å². The number of hydrogen-bond donors (Lipinski definition) is 0. The molecule has 0 spiro atoms. The van der Waals surface area contributed by atoms with Gasteiger partial charge in [-0.3, -0.25) is 14.6 Å². The van der Waals surface area contributed by atoms with Crippen molar-refractivity contribution in [3.63, 3.8) is 0 Å². The van der Waals surface area contributed by atoms with E-state index in [1.54, 1.807) is 26.4 Å². The van der Waals surface area contributed by atoms with Crippen LogP contribution < -0.4 is 14.9 Å². The molecule has 1 aliphatic rings. The number of hydrogen-bond acceptors (Lipinski definition) is 6. The molecule has 1 saturated heterocycles. The molecule has 4 rings (SSSR count). The molecule has 152 valence electrons. The first-order valence-electron chi connectivity index (χ1n) is 9.83. The molecular formula is C23H26N2O4. The summed E-state index contributed by atoms with van der Waals surface area (Å²) in [4.78, 5) is 17.0. The zero-order valence-electron chi connectivity index (χ0n) is 16.9. The van der Waals surface area contributed by atoms with Gasteiger partial charge >= 0.3 is 0 Å². The second-order valence-corrected chi connectivity index (χ2v) is 7.30. The van der Waals surface area contributed by atoms with Crippen LogP contribution in [0.4, 0.5) is 0 Å². The minimum Gasteiger partial charge on any atom is -0.497 e. The van der Waals surface area contributed by atoms with E-state index in [2.05, 4.69) is 9.80 Å². The van der Waals surface area contributed by atoms with E-state index < -0.39 is 0 Å². The molecule has 6 heteroatoms. The molecule has 1 aliphatic heterocycles. The Morgan fingerprint density at radius 2 is 1.62 bits per heavy atom. The lowest BCUT2D eigenvalue weighted by Gasteiger charge is -2.34. The Kier molecular flexibility index (Phi) is 5.83. The number of para-hydroxylation sites is 1. The maximum absolute atomic E-state index is 12.3. The highest BCUT2D eigenvalue weighted by Crippen LogP contribution is 2.25. The summed E-state index contributed by atoms with van der Waals surface area (Å²) in [6, 6.07) is 14.9. The summed E-state index contributed by atoms with van der Waals surface area (Å²) >= 11 is 0.